The van der Waals surface area contributed by atoms with Crippen LogP contribution in [-0.2, 0) is 5.54 Å². The van der Waals surface area contributed by atoms with Gasteiger partial charge < -0.3 is 4.90 Å². The van der Waals surface area contributed by atoms with E-state index in [1.165, 1.54) is 17.7 Å². The molecule has 1 fully saturated rings. The SMILES string of the molecule is C[NH+](C)C1(c2nnnn2[C@H](C=Cc2ccc(Cl)cc2Cl)C(C)(C)C)CCCC1. The second-order valence-electron chi connectivity index (χ2n) is 9.07. The van der Waals surface area contributed by atoms with Gasteiger partial charge >= 0.3 is 0 Å². The maximum atomic E-state index is 6.36. The summed E-state index contributed by atoms with van der Waals surface area (Å²) >= 11 is 12.4. The Labute approximate surface area is 177 Å². The van der Waals surface area contributed by atoms with E-state index in [9.17, 15) is 0 Å². The summed E-state index contributed by atoms with van der Waals surface area (Å²) in [5.74, 6) is 0.983. The van der Waals surface area contributed by atoms with Crippen LogP contribution in [-0.4, -0.2) is 34.3 Å². The molecule has 2 aromatic rings. The molecular weight excluding hydrogens is 393 g/mol. The Bertz CT molecular complexity index is 845. The molecule has 1 aliphatic rings. The fraction of sp³-hybridized carbons (Fsp3) is 0.571. The van der Waals surface area contributed by atoms with Gasteiger partial charge in [0.25, 0.3) is 0 Å². The zero-order valence-corrected chi connectivity index (χ0v) is 18.8. The molecule has 0 amide bonds. The Hall–Kier alpha value is -1.43. The summed E-state index contributed by atoms with van der Waals surface area (Å²) in [4.78, 5) is 1.39. The predicted octanol–water partition coefficient (Wildman–Crippen LogP) is 4.19. The van der Waals surface area contributed by atoms with Crippen molar-refractivity contribution in [2.45, 2.75) is 58.0 Å². The summed E-state index contributed by atoms with van der Waals surface area (Å²) in [5, 5.41) is 14.3. The average Bonchev–Trinajstić information content (AvgIpc) is 3.25. The van der Waals surface area contributed by atoms with Crippen LogP contribution in [0.5, 0.6) is 0 Å². The molecule has 1 saturated carbocycles. The van der Waals surface area contributed by atoms with Gasteiger partial charge in [-0.25, -0.2) is 4.68 Å². The topological polar surface area (TPSA) is 48.0 Å². The summed E-state index contributed by atoms with van der Waals surface area (Å²) < 4.78 is 2.03. The van der Waals surface area contributed by atoms with Crippen LogP contribution in [0.1, 0.15) is 63.9 Å². The van der Waals surface area contributed by atoms with Crippen molar-refractivity contribution in [3.05, 3.63) is 45.7 Å². The molecule has 1 aromatic carbocycles. The van der Waals surface area contributed by atoms with Gasteiger partial charge in [0, 0.05) is 22.9 Å². The van der Waals surface area contributed by atoms with E-state index in [1.54, 1.807) is 6.07 Å². The van der Waals surface area contributed by atoms with Gasteiger partial charge in [-0.1, -0.05) is 62.2 Å². The molecule has 1 atom stereocenters. The van der Waals surface area contributed by atoms with Crippen molar-refractivity contribution in [1.29, 1.82) is 0 Å². The van der Waals surface area contributed by atoms with Crippen molar-refractivity contribution in [2.24, 2.45) is 5.41 Å². The zero-order chi connectivity index (χ0) is 20.5. The third-order valence-corrected chi connectivity index (χ3v) is 6.47. The van der Waals surface area contributed by atoms with Crippen molar-refractivity contribution < 1.29 is 4.90 Å². The zero-order valence-electron chi connectivity index (χ0n) is 17.3. The number of aromatic nitrogens is 4. The molecule has 0 radical (unpaired) electrons. The van der Waals surface area contributed by atoms with Crippen molar-refractivity contribution >= 4 is 29.3 Å². The Kier molecular flexibility index (Phi) is 6.18. The monoisotopic (exact) mass is 422 g/mol. The van der Waals surface area contributed by atoms with Gasteiger partial charge in [0.05, 0.1) is 20.1 Å². The molecule has 1 aromatic heterocycles. The first-order chi connectivity index (χ1) is 13.1. The fourth-order valence-electron chi connectivity index (χ4n) is 4.19. The summed E-state index contributed by atoms with van der Waals surface area (Å²) in [6.07, 6.45) is 8.86. The third-order valence-electron chi connectivity index (χ3n) is 5.91. The first-order valence-corrected chi connectivity index (χ1v) is 10.6. The molecule has 5 nitrogen and oxygen atoms in total. The molecule has 1 heterocycles. The van der Waals surface area contributed by atoms with Crippen LogP contribution in [0.4, 0.5) is 0 Å². The highest BCUT2D eigenvalue weighted by molar-refractivity contribution is 6.35. The lowest BCUT2D eigenvalue weighted by Gasteiger charge is -2.35. The number of halogens is 2. The van der Waals surface area contributed by atoms with Crippen LogP contribution in [0.3, 0.4) is 0 Å². The van der Waals surface area contributed by atoms with Gasteiger partial charge in [0.2, 0.25) is 5.82 Å². The van der Waals surface area contributed by atoms with E-state index in [0.29, 0.717) is 10.0 Å². The molecular formula is C21H30Cl2N5+. The minimum Gasteiger partial charge on any atom is -0.329 e. The first kappa shape index (κ1) is 21.3. The molecule has 152 valence electrons. The van der Waals surface area contributed by atoms with Gasteiger partial charge in [-0.2, -0.15) is 0 Å². The van der Waals surface area contributed by atoms with Crippen LogP contribution in [0.2, 0.25) is 10.0 Å². The minimum absolute atomic E-state index is 0.000990. The van der Waals surface area contributed by atoms with Gasteiger partial charge in [-0.15, -0.1) is 5.10 Å². The van der Waals surface area contributed by atoms with E-state index < -0.39 is 0 Å². The second kappa shape index (κ2) is 8.13. The molecule has 0 saturated heterocycles. The van der Waals surface area contributed by atoms with Crippen LogP contribution >= 0.6 is 23.2 Å². The number of nitrogens with one attached hydrogen (secondary N) is 1. The highest BCUT2D eigenvalue weighted by Crippen LogP contribution is 2.39. The fourth-order valence-corrected chi connectivity index (χ4v) is 4.66. The lowest BCUT2D eigenvalue weighted by Crippen LogP contribution is -3.13. The van der Waals surface area contributed by atoms with Crippen molar-refractivity contribution in [2.75, 3.05) is 14.1 Å². The van der Waals surface area contributed by atoms with Crippen molar-refractivity contribution in [1.82, 2.24) is 20.2 Å². The van der Waals surface area contributed by atoms with Crippen LogP contribution in [0.25, 0.3) is 6.08 Å². The second-order valence-corrected chi connectivity index (χ2v) is 9.92. The standard InChI is InChI=1S/C21H29Cl2N5/c1-20(2,3)18(11-9-15-8-10-16(22)14-17(15)23)28-19(24-25-26-28)21(27(4)5)12-6-7-13-21/h8-11,14,18H,6-7,12-13H2,1-5H3/p+1/t18-/m1/s1. The van der Waals surface area contributed by atoms with Crippen LogP contribution < -0.4 is 4.90 Å². The number of tetrazole rings is 1. The van der Waals surface area contributed by atoms with E-state index in [-0.39, 0.29) is 17.0 Å². The highest BCUT2D eigenvalue weighted by Gasteiger charge is 2.47. The maximum Gasteiger partial charge on any atom is 0.213 e. The molecule has 0 unspecified atom stereocenters. The number of rotatable bonds is 5. The predicted molar refractivity (Wildman–Crippen MR) is 115 cm³/mol. The number of nitrogens with zero attached hydrogens (tertiary/aromatic N) is 4. The van der Waals surface area contributed by atoms with E-state index in [2.05, 4.69) is 56.5 Å². The number of benzene rings is 1. The molecule has 28 heavy (non-hydrogen) atoms. The number of hydrogen-bond acceptors (Lipinski definition) is 3. The van der Waals surface area contributed by atoms with E-state index >= 15 is 0 Å². The molecule has 1 N–H and O–H groups in total. The highest BCUT2D eigenvalue weighted by atomic mass is 35.5. The van der Waals surface area contributed by atoms with Crippen LogP contribution in [0, 0.1) is 5.41 Å². The third kappa shape index (κ3) is 4.12. The van der Waals surface area contributed by atoms with Gasteiger partial charge in [-0.05, 0) is 46.4 Å². The Morgan fingerprint density at radius 3 is 2.43 bits per heavy atom. The molecule has 0 bridgehead atoms. The molecule has 0 aliphatic heterocycles. The first-order valence-electron chi connectivity index (χ1n) is 9.87. The van der Waals surface area contributed by atoms with Crippen molar-refractivity contribution in [3.63, 3.8) is 0 Å². The number of hydrogen-bond donors (Lipinski definition) is 1. The largest absolute Gasteiger partial charge is 0.329 e. The van der Waals surface area contributed by atoms with Gasteiger partial charge in [-0.3, -0.25) is 0 Å². The normalized spacial score (nSPS) is 18.3. The van der Waals surface area contributed by atoms with Gasteiger partial charge in [0.1, 0.15) is 0 Å². The lowest BCUT2D eigenvalue weighted by atomic mass is 9.85. The summed E-state index contributed by atoms with van der Waals surface area (Å²) in [6.45, 7) is 6.63. The maximum absolute atomic E-state index is 6.36. The van der Waals surface area contributed by atoms with E-state index in [0.717, 1.165) is 24.2 Å². The minimum atomic E-state index is -0.0685. The molecule has 1 aliphatic carbocycles. The molecule has 3 rings (SSSR count). The van der Waals surface area contributed by atoms with Gasteiger partial charge in [0.15, 0.2) is 5.54 Å². The smallest absolute Gasteiger partial charge is 0.213 e. The number of quaternary nitrogens is 1. The lowest BCUT2D eigenvalue weighted by molar-refractivity contribution is -0.924. The summed E-state index contributed by atoms with van der Waals surface area (Å²) in [6, 6.07) is 5.55. The molecule has 0 spiro atoms. The quantitative estimate of drug-likeness (QED) is 0.785. The van der Waals surface area contributed by atoms with Crippen molar-refractivity contribution in [3.8, 4) is 0 Å². The molecule has 7 heteroatoms. The van der Waals surface area contributed by atoms with Crippen LogP contribution in [0.15, 0.2) is 24.3 Å². The Morgan fingerprint density at radius 2 is 1.86 bits per heavy atom. The van der Waals surface area contributed by atoms with E-state index in [1.807, 2.05) is 22.9 Å². The Morgan fingerprint density at radius 1 is 1.18 bits per heavy atom. The summed E-state index contributed by atoms with van der Waals surface area (Å²) in [7, 11) is 4.42. The van der Waals surface area contributed by atoms with E-state index in [4.69, 9.17) is 23.2 Å². The summed E-state index contributed by atoms with van der Waals surface area (Å²) in [5.41, 5.74) is 0.837. The average molecular weight is 423 g/mol. The number of allylic oxidation sites excluding steroid dienone is 1. The Balaban J connectivity index is 2.03.